The standard InChI is InChI=1S/C34H52N2O2/c1-6-7-8-15-19-30-22-25-36(26-23-30)24-16-13-11-9-10-12-14-17-27-38-33(37)35-34(4,5)32-21-18-20-31(28-32)29(2)3/h18,20-23,25-26,28H,2,6-17,19,24,27H2,1,3-5H3/p+1. The van der Waals surface area contributed by atoms with Crippen molar-refractivity contribution in [2.45, 2.75) is 123 Å². The number of pyridine rings is 1. The number of rotatable bonds is 19. The maximum Gasteiger partial charge on any atom is 0.407 e. The smallest absolute Gasteiger partial charge is 0.407 e. The van der Waals surface area contributed by atoms with E-state index in [0.717, 1.165) is 36.1 Å². The van der Waals surface area contributed by atoms with Crippen LogP contribution in [-0.2, 0) is 23.2 Å². The van der Waals surface area contributed by atoms with Crippen molar-refractivity contribution in [1.82, 2.24) is 5.32 Å². The Morgan fingerprint density at radius 3 is 2.18 bits per heavy atom. The quantitative estimate of drug-likeness (QED) is 0.148. The van der Waals surface area contributed by atoms with Crippen LogP contribution in [0.3, 0.4) is 0 Å². The van der Waals surface area contributed by atoms with Gasteiger partial charge in [-0.15, -0.1) is 0 Å². The second kappa shape index (κ2) is 17.8. The van der Waals surface area contributed by atoms with Crippen LogP contribution >= 0.6 is 0 Å². The van der Waals surface area contributed by atoms with E-state index in [1.807, 2.05) is 39.0 Å². The van der Waals surface area contributed by atoms with Gasteiger partial charge in [-0.3, -0.25) is 0 Å². The zero-order valence-corrected chi connectivity index (χ0v) is 24.7. The van der Waals surface area contributed by atoms with E-state index in [9.17, 15) is 4.79 Å². The van der Waals surface area contributed by atoms with E-state index in [0.29, 0.717) is 6.61 Å². The molecule has 0 aliphatic rings. The van der Waals surface area contributed by atoms with E-state index in [1.165, 1.54) is 76.2 Å². The van der Waals surface area contributed by atoms with Gasteiger partial charge in [0.1, 0.15) is 6.54 Å². The number of benzene rings is 1. The molecule has 4 nitrogen and oxygen atoms in total. The summed E-state index contributed by atoms with van der Waals surface area (Å²) in [4.78, 5) is 12.3. The minimum absolute atomic E-state index is 0.352. The van der Waals surface area contributed by atoms with Gasteiger partial charge in [-0.2, -0.15) is 0 Å². The average molecular weight is 522 g/mol. The summed E-state index contributed by atoms with van der Waals surface area (Å²) < 4.78 is 7.77. The van der Waals surface area contributed by atoms with Crippen LogP contribution in [0, 0.1) is 0 Å². The van der Waals surface area contributed by atoms with Crippen LogP contribution in [-0.4, -0.2) is 12.7 Å². The van der Waals surface area contributed by atoms with E-state index in [4.69, 9.17) is 4.74 Å². The number of aryl methyl sites for hydroxylation is 2. The van der Waals surface area contributed by atoms with Crippen molar-refractivity contribution in [1.29, 1.82) is 0 Å². The van der Waals surface area contributed by atoms with E-state index in [-0.39, 0.29) is 6.09 Å². The number of carbonyl (C=O) groups excluding carboxylic acids is 1. The lowest BCUT2D eigenvalue weighted by Gasteiger charge is -2.27. The first-order valence-electron chi connectivity index (χ1n) is 15.0. The fourth-order valence-electron chi connectivity index (χ4n) is 4.72. The Balaban J connectivity index is 1.46. The lowest BCUT2D eigenvalue weighted by molar-refractivity contribution is -0.697. The van der Waals surface area contributed by atoms with Gasteiger partial charge in [0, 0.05) is 18.6 Å². The van der Waals surface area contributed by atoms with Crippen LogP contribution in [0.1, 0.15) is 121 Å². The van der Waals surface area contributed by atoms with Crippen molar-refractivity contribution in [3.63, 3.8) is 0 Å². The Hall–Kier alpha value is -2.62. The number of hydrogen-bond acceptors (Lipinski definition) is 2. The molecule has 0 saturated carbocycles. The third-order valence-corrected chi connectivity index (χ3v) is 7.31. The molecule has 1 aromatic heterocycles. The monoisotopic (exact) mass is 521 g/mol. The third-order valence-electron chi connectivity index (χ3n) is 7.31. The summed E-state index contributed by atoms with van der Waals surface area (Å²) in [5.41, 5.74) is 4.11. The van der Waals surface area contributed by atoms with Crippen molar-refractivity contribution in [2.24, 2.45) is 0 Å². The lowest BCUT2D eigenvalue weighted by Crippen LogP contribution is -2.41. The van der Waals surface area contributed by atoms with Gasteiger partial charge in [-0.1, -0.05) is 88.6 Å². The number of nitrogens with one attached hydrogen (secondary N) is 1. The molecule has 0 spiro atoms. The predicted molar refractivity (Wildman–Crippen MR) is 160 cm³/mol. The second-order valence-corrected chi connectivity index (χ2v) is 11.3. The maximum atomic E-state index is 12.3. The molecule has 2 rings (SSSR count). The zero-order valence-electron chi connectivity index (χ0n) is 24.7. The lowest BCUT2D eigenvalue weighted by atomic mass is 9.92. The number of amides is 1. The summed E-state index contributed by atoms with van der Waals surface area (Å²) in [5, 5.41) is 3.00. The predicted octanol–water partition coefficient (Wildman–Crippen LogP) is 8.91. The molecular formula is C34H53N2O2+. The molecule has 1 aromatic carbocycles. The molecule has 0 atom stereocenters. The molecule has 2 aromatic rings. The van der Waals surface area contributed by atoms with Crippen molar-refractivity contribution in [2.75, 3.05) is 6.61 Å². The molecule has 0 bridgehead atoms. The van der Waals surface area contributed by atoms with Crippen LogP contribution < -0.4 is 9.88 Å². The average Bonchev–Trinajstić information content (AvgIpc) is 2.90. The Kier molecular flexibility index (Phi) is 14.8. The Labute approximate surface area is 232 Å². The van der Waals surface area contributed by atoms with Crippen LogP contribution in [0.5, 0.6) is 0 Å². The number of hydrogen-bond donors (Lipinski definition) is 1. The fraction of sp³-hybridized carbons (Fsp3) is 0.588. The zero-order chi connectivity index (χ0) is 27.6. The maximum absolute atomic E-state index is 12.3. The van der Waals surface area contributed by atoms with Gasteiger partial charge < -0.3 is 10.1 Å². The van der Waals surface area contributed by atoms with Gasteiger partial charge in [0.2, 0.25) is 0 Å². The number of nitrogens with zero attached hydrogens (tertiary/aromatic N) is 1. The number of alkyl carbamates (subject to hydrolysis) is 1. The summed E-state index contributed by atoms with van der Waals surface area (Å²) in [6, 6.07) is 12.7. The number of unbranched alkanes of at least 4 members (excludes halogenated alkanes) is 10. The molecule has 0 aliphatic heterocycles. The largest absolute Gasteiger partial charge is 0.450 e. The molecule has 0 fully saturated rings. The van der Waals surface area contributed by atoms with Gasteiger partial charge in [0.15, 0.2) is 12.4 Å². The molecule has 0 saturated heterocycles. The first kappa shape index (κ1) is 31.6. The highest BCUT2D eigenvalue weighted by atomic mass is 16.5. The summed E-state index contributed by atoms with van der Waals surface area (Å²) >= 11 is 0. The van der Waals surface area contributed by atoms with Gasteiger partial charge in [0.05, 0.1) is 12.1 Å². The van der Waals surface area contributed by atoms with Crippen molar-refractivity contribution < 1.29 is 14.1 Å². The number of allylic oxidation sites excluding steroid dienone is 1. The van der Waals surface area contributed by atoms with Crippen molar-refractivity contribution in [3.8, 4) is 0 Å². The molecule has 0 aliphatic carbocycles. The Morgan fingerprint density at radius 2 is 1.53 bits per heavy atom. The van der Waals surface area contributed by atoms with E-state index in [2.05, 4.69) is 54.0 Å². The van der Waals surface area contributed by atoms with Crippen molar-refractivity contribution in [3.05, 3.63) is 72.1 Å². The highest BCUT2D eigenvalue weighted by molar-refractivity contribution is 5.69. The molecule has 38 heavy (non-hydrogen) atoms. The minimum Gasteiger partial charge on any atom is -0.450 e. The summed E-state index contributed by atoms with van der Waals surface area (Å²) in [7, 11) is 0. The minimum atomic E-state index is -0.502. The first-order chi connectivity index (χ1) is 18.3. The SMILES string of the molecule is C=C(C)c1cccc(C(C)(C)NC(=O)OCCCCCCCCCC[n+]2ccc(CCCCCC)cc2)c1. The summed E-state index contributed by atoms with van der Waals surface area (Å²) in [6.07, 6.45) is 20.3. The van der Waals surface area contributed by atoms with Crippen molar-refractivity contribution >= 4 is 11.7 Å². The van der Waals surface area contributed by atoms with E-state index >= 15 is 0 Å². The molecule has 1 N–H and O–H groups in total. The summed E-state index contributed by atoms with van der Waals surface area (Å²) in [6.45, 7) is 13.8. The first-order valence-corrected chi connectivity index (χ1v) is 15.0. The number of ether oxygens (including phenoxy) is 1. The number of carbonyl (C=O) groups is 1. The second-order valence-electron chi connectivity index (χ2n) is 11.3. The highest BCUT2D eigenvalue weighted by Gasteiger charge is 2.23. The molecule has 0 unspecified atom stereocenters. The topological polar surface area (TPSA) is 42.2 Å². The molecule has 1 amide bonds. The van der Waals surface area contributed by atoms with Gasteiger partial charge in [-0.05, 0) is 69.2 Å². The number of aromatic nitrogens is 1. The van der Waals surface area contributed by atoms with Crippen LogP contribution in [0.2, 0.25) is 0 Å². The fourth-order valence-corrected chi connectivity index (χ4v) is 4.72. The van der Waals surface area contributed by atoms with Crippen LogP contribution in [0.15, 0.2) is 55.4 Å². The highest BCUT2D eigenvalue weighted by Crippen LogP contribution is 2.23. The molecular weight excluding hydrogens is 468 g/mol. The molecule has 0 radical (unpaired) electrons. The Bertz CT molecular complexity index is 949. The van der Waals surface area contributed by atoms with Crippen LogP contribution in [0.4, 0.5) is 4.79 Å². The van der Waals surface area contributed by atoms with E-state index < -0.39 is 5.54 Å². The molecule has 4 heteroatoms. The van der Waals surface area contributed by atoms with E-state index in [1.54, 1.807) is 0 Å². The molecule has 1 heterocycles. The van der Waals surface area contributed by atoms with Gasteiger partial charge >= 0.3 is 6.09 Å². The van der Waals surface area contributed by atoms with Crippen LogP contribution in [0.25, 0.3) is 5.57 Å². The molecule has 210 valence electrons. The summed E-state index contributed by atoms with van der Waals surface area (Å²) in [5.74, 6) is 0. The van der Waals surface area contributed by atoms with Gasteiger partial charge in [0.25, 0.3) is 0 Å². The Morgan fingerprint density at radius 1 is 0.895 bits per heavy atom. The van der Waals surface area contributed by atoms with Gasteiger partial charge in [-0.25, -0.2) is 9.36 Å². The normalized spacial score (nSPS) is 11.4. The third kappa shape index (κ3) is 12.8.